The van der Waals surface area contributed by atoms with Crippen LogP contribution in [0.4, 0.5) is 10.1 Å². The highest BCUT2D eigenvalue weighted by atomic mass is 79.9. The number of aryl methyl sites for hydroxylation is 1. The number of anilines is 1. The van der Waals surface area contributed by atoms with Crippen molar-refractivity contribution < 1.29 is 9.13 Å². The third-order valence-corrected chi connectivity index (χ3v) is 4.44. The zero-order valence-electron chi connectivity index (χ0n) is 13.8. The van der Waals surface area contributed by atoms with E-state index in [1.165, 1.54) is 12.1 Å². The molecule has 4 nitrogen and oxygen atoms in total. The highest BCUT2D eigenvalue weighted by Crippen LogP contribution is 2.29. The lowest BCUT2D eigenvalue weighted by Gasteiger charge is -2.20. The van der Waals surface area contributed by atoms with Crippen molar-refractivity contribution >= 4 is 38.9 Å². The van der Waals surface area contributed by atoms with Crippen LogP contribution in [0.2, 0.25) is 0 Å². The number of halogens is 2. The number of nitrogens with zero attached hydrogens (tertiary/aromatic N) is 2. The average molecular weight is 412 g/mol. The van der Waals surface area contributed by atoms with E-state index >= 15 is 0 Å². The Hall–Kier alpha value is -1.73. The fourth-order valence-corrected chi connectivity index (χ4v) is 2.59. The smallest absolute Gasteiger partial charge is 0.228 e. The summed E-state index contributed by atoms with van der Waals surface area (Å²) in [4.78, 5) is 6.37. The van der Waals surface area contributed by atoms with E-state index in [0.717, 1.165) is 23.5 Å². The molecule has 0 aliphatic heterocycles. The van der Waals surface area contributed by atoms with Crippen LogP contribution in [0.3, 0.4) is 0 Å². The quantitative estimate of drug-likeness (QED) is 0.731. The molecule has 128 valence electrons. The van der Waals surface area contributed by atoms with Crippen LogP contribution in [-0.4, -0.2) is 28.6 Å². The minimum Gasteiger partial charge on any atom is -0.472 e. The van der Waals surface area contributed by atoms with Gasteiger partial charge in [-0.1, -0.05) is 12.1 Å². The number of hydrogen-bond acceptors (Lipinski definition) is 3. The SMILES string of the molecule is CCN(C)C(=S)Nc1cc(Br)c(OCc2cccc(F)c2)nc1C. The number of ether oxygens (including phenoxy) is 1. The molecule has 0 aliphatic carbocycles. The number of aromatic nitrogens is 1. The first kappa shape index (κ1) is 18.6. The van der Waals surface area contributed by atoms with E-state index in [-0.39, 0.29) is 12.4 Å². The highest BCUT2D eigenvalue weighted by Gasteiger charge is 2.11. The summed E-state index contributed by atoms with van der Waals surface area (Å²) in [7, 11) is 1.92. The minimum absolute atomic E-state index is 0.243. The van der Waals surface area contributed by atoms with Gasteiger partial charge in [-0.2, -0.15) is 0 Å². The Labute approximate surface area is 155 Å². The molecule has 1 aromatic heterocycles. The van der Waals surface area contributed by atoms with Gasteiger partial charge in [0.1, 0.15) is 12.4 Å². The summed E-state index contributed by atoms with van der Waals surface area (Å²) in [5.41, 5.74) is 2.32. The second kappa shape index (κ2) is 8.39. The zero-order chi connectivity index (χ0) is 17.7. The van der Waals surface area contributed by atoms with Crippen molar-refractivity contribution in [2.45, 2.75) is 20.5 Å². The number of nitrogens with one attached hydrogen (secondary N) is 1. The normalized spacial score (nSPS) is 10.4. The molecular weight excluding hydrogens is 393 g/mol. The third-order valence-electron chi connectivity index (χ3n) is 3.46. The molecule has 0 saturated carbocycles. The van der Waals surface area contributed by atoms with Crippen molar-refractivity contribution in [2.75, 3.05) is 18.9 Å². The predicted octanol–water partition coefficient (Wildman–Crippen LogP) is 4.52. The van der Waals surface area contributed by atoms with E-state index < -0.39 is 0 Å². The van der Waals surface area contributed by atoms with Crippen LogP contribution in [0.5, 0.6) is 5.88 Å². The lowest BCUT2D eigenvalue weighted by molar-refractivity contribution is 0.290. The molecule has 0 spiro atoms. The highest BCUT2D eigenvalue weighted by molar-refractivity contribution is 9.10. The van der Waals surface area contributed by atoms with Crippen LogP contribution in [0.25, 0.3) is 0 Å². The second-order valence-electron chi connectivity index (χ2n) is 5.27. The number of hydrogen-bond donors (Lipinski definition) is 1. The summed E-state index contributed by atoms with van der Waals surface area (Å²) < 4.78 is 19.6. The van der Waals surface area contributed by atoms with Gasteiger partial charge in [0.25, 0.3) is 0 Å². The molecule has 0 amide bonds. The summed E-state index contributed by atoms with van der Waals surface area (Å²) in [5.74, 6) is 0.171. The Morgan fingerprint density at radius 2 is 2.17 bits per heavy atom. The van der Waals surface area contributed by atoms with Crippen LogP contribution in [0.15, 0.2) is 34.8 Å². The van der Waals surface area contributed by atoms with E-state index in [9.17, 15) is 4.39 Å². The van der Waals surface area contributed by atoms with Gasteiger partial charge in [-0.25, -0.2) is 9.37 Å². The summed E-state index contributed by atoms with van der Waals surface area (Å²) in [6.45, 7) is 4.96. The van der Waals surface area contributed by atoms with Crippen LogP contribution >= 0.6 is 28.1 Å². The van der Waals surface area contributed by atoms with Crippen LogP contribution in [0.1, 0.15) is 18.2 Å². The Morgan fingerprint density at radius 1 is 1.42 bits per heavy atom. The molecule has 1 heterocycles. The first-order valence-electron chi connectivity index (χ1n) is 7.47. The number of thiocarbonyl (C=S) groups is 1. The molecule has 0 saturated heterocycles. The largest absolute Gasteiger partial charge is 0.472 e. The topological polar surface area (TPSA) is 37.4 Å². The molecule has 0 fully saturated rings. The first-order valence-corrected chi connectivity index (χ1v) is 8.67. The van der Waals surface area contributed by atoms with Crippen molar-refractivity contribution in [3.8, 4) is 5.88 Å². The Balaban J connectivity index is 2.10. The second-order valence-corrected chi connectivity index (χ2v) is 6.51. The maximum Gasteiger partial charge on any atom is 0.228 e. The fourth-order valence-electron chi connectivity index (χ4n) is 1.92. The average Bonchev–Trinajstić information content (AvgIpc) is 2.55. The molecule has 0 bridgehead atoms. The van der Waals surface area contributed by atoms with Gasteiger partial charge in [-0.3, -0.25) is 0 Å². The van der Waals surface area contributed by atoms with Gasteiger partial charge < -0.3 is 15.0 Å². The zero-order valence-corrected chi connectivity index (χ0v) is 16.2. The Kier molecular flexibility index (Phi) is 6.51. The number of pyridine rings is 1. The van der Waals surface area contributed by atoms with Crippen molar-refractivity contribution in [1.29, 1.82) is 0 Å². The van der Waals surface area contributed by atoms with Gasteiger partial charge >= 0.3 is 0 Å². The van der Waals surface area contributed by atoms with Gasteiger partial charge in [0.05, 0.1) is 15.9 Å². The molecule has 0 atom stereocenters. The third kappa shape index (κ3) is 4.88. The lowest BCUT2D eigenvalue weighted by Crippen LogP contribution is -2.31. The molecule has 2 rings (SSSR count). The van der Waals surface area contributed by atoms with Crippen LogP contribution < -0.4 is 10.1 Å². The summed E-state index contributed by atoms with van der Waals surface area (Å²) in [6.07, 6.45) is 0. The van der Waals surface area contributed by atoms with Crippen LogP contribution in [0, 0.1) is 12.7 Å². The molecule has 7 heteroatoms. The Morgan fingerprint density at radius 3 is 2.83 bits per heavy atom. The van der Waals surface area contributed by atoms with Crippen molar-refractivity contribution in [3.63, 3.8) is 0 Å². The molecule has 1 aromatic carbocycles. The van der Waals surface area contributed by atoms with E-state index in [0.29, 0.717) is 15.5 Å². The lowest BCUT2D eigenvalue weighted by atomic mass is 10.2. The summed E-state index contributed by atoms with van der Waals surface area (Å²) >= 11 is 8.78. The summed E-state index contributed by atoms with van der Waals surface area (Å²) in [6, 6.07) is 8.17. The van der Waals surface area contributed by atoms with Crippen molar-refractivity contribution in [2.24, 2.45) is 0 Å². The van der Waals surface area contributed by atoms with Gasteiger partial charge in [-0.15, -0.1) is 0 Å². The molecule has 0 unspecified atom stereocenters. The first-order chi connectivity index (χ1) is 11.4. The van der Waals surface area contributed by atoms with E-state index in [1.54, 1.807) is 12.1 Å². The monoisotopic (exact) mass is 411 g/mol. The van der Waals surface area contributed by atoms with Gasteiger partial charge in [0, 0.05) is 13.6 Å². The predicted molar refractivity (Wildman–Crippen MR) is 102 cm³/mol. The molecule has 24 heavy (non-hydrogen) atoms. The van der Waals surface area contributed by atoms with E-state index in [4.69, 9.17) is 17.0 Å². The van der Waals surface area contributed by atoms with E-state index in [1.807, 2.05) is 31.9 Å². The molecule has 0 aliphatic rings. The van der Waals surface area contributed by atoms with Crippen LogP contribution in [-0.2, 0) is 6.61 Å². The molecular formula is C17H19BrFN3OS. The van der Waals surface area contributed by atoms with E-state index in [2.05, 4.69) is 26.2 Å². The standard InChI is InChI=1S/C17H19BrFN3OS/c1-4-22(3)17(24)21-15-9-14(18)16(20-11(15)2)23-10-12-6-5-7-13(19)8-12/h5-9H,4,10H2,1-3H3,(H,21,24). The van der Waals surface area contributed by atoms with Gasteiger partial charge in [0.15, 0.2) is 5.11 Å². The van der Waals surface area contributed by atoms with Gasteiger partial charge in [-0.05, 0) is 65.8 Å². The van der Waals surface area contributed by atoms with Crippen molar-refractivity contribution in [1.82, 2.24) is 9.88 Å². The van der Waals surface area contributed by atoms with Gasteiger partial charge in [0.2, 0.25) is 5.88 Å². The summed E-state index contributed by atoms with van der Waals surface area (Å²) in [5, 5.41) is 3.80. The van der Waals surface area contributed by atoms with Crippen molar-refractivity contribution in [3.05, 3.63) is 51.9 Å². The molecule has 1 N–H and O–H groups in total. The molecule has 2 aromatic rings. The maximum atomic E-state index is 13.2. The minimum atomic E-state index is -0.285. The Bertz CT molecular complexity index is 742. The molecule has 0 radical (unpaired) electrons. The number of benzene rings is 1. The maximum absolute atomic E-state index is 13.2. The fraction of sp³-hybridized carbons (Fsp3) is 0.294. The number of rotatable bonds is 5.